The molecule has 17 heavy (non-hydrogen) atoms. The third-order valence-electron chi connectivity index (χ3n) is 2.90. The molecule has 2 rings (SSSR count). The molecule has 1 aliphatic carbocycles. The maximum Gasteiger partial charge on any atom is 0.261 e. The highest BCUT2D eigenvalue weighted by molar-refractivity contribution is 7.14. The van der Waals surface area contributed by atoms with Gasteiger partial charge in [-0.3, -0.25) is 4.79 Å². The third-order valence-corrected chi connectivity index (χ3v) is 4.14. The summed E-state index contributed by atoms with van der Waals surface area (Å²) >= 11 is 1.65. The molecule has 0 spiro atoms. The number of hydrogen-bond acceptors (Lipinski definition) is 3. The maximum absolute atomic E-state index is 11.9. The number of nitrogens with one attached hydrogen (secondary N) is 1. The summed E-state index contributed by atoms with van der Waals surface area (Å²) in [5.74, 6) is 0.0334. The van der Waals surface area contributed by atoms with Crippen molar-refractivity contribution in [2.75, 3.05) is 13.1 Å². The average Bonchev–Trinajstić information content (AvgIpc) is 2.78. The van der Waals surface area contributed by atoms with Gasteiger partial charge in [-0.2, -0.15) is 0 Å². The summed E-state index contributed by atoms with van der Waals surface area (Å²) in [5.41, 5.74) is 6.70. The Morgan fingerprint density at radius 2 is 2.24 bits per heavy atom. The van der Waals surface area contributed by atoms with Crippen LogP contribution in [0.2, 0.25) is 0 Å². The molecule has 0 atom stereocenters. The van der Waals surface area contributed by atoms with Crippen LogP contribution < -0.4 is 11.1 Å². The predicted octanol–water partition coefficient (Wildman–Crippen LogP) is 1.87. The maximum atomic E-state index is 11.9. The Morgan fingerprint density at radius 1 is 1.41 bits per heavy atom. The number of nitrogens with two attached hydrogens (primary N) is 1. The van der Waals surface area contributed by atoms with E-state index in [0.717, 1.165) is 17.7 Å². The van der Waals surface area contributed by atoms with Crippen LogP contribution in [0.4, 0.5) is 0 Å². The number of thiophene rings is 1. The second kappa shape index (κ2) is 5.98. The number of carbonyl (C=O) groups is 1. The molecule has 0 bridgehead atoms. The van der Waals surface area contributed by atoms with Gasteiger partial charge in [0.2, 0.25) is 0 Å². The second-order valence-corrected chi connectivity index (χ2v) is 5.32. The van der Waals surface area contributed by atoms with Gasteiger partial charge in [-0.05, 0) is 37.3 Å². The van der Waals surface area contributed by atoms with Gasteiger partial charge >= 0.3 is 0 Å². The molecule has 0 aliphatic heterocycles. The minimum Gasteiger partial charge on any atom is -0.348 e. The molecule has 0 radical (unpaired) electrons. The molecule has 1 aromatic rings. The van der Waals surface area contributed by atoms with Crippen LogP contribution in [0.5, 0.6) is 0 Å². The first-order chi connectivity index (χ1) is 8.31. The molecule has 3 N–H and O–H groups in total. The average molecular weight is 250 g/mol. The number of carbonyl (C=O) groups excluding carboxylic acids is 1. The summed E-state index contributed by atoms with van der Waals surface area (Å²) in [6.07, 6.45) is 8.51. The van der Waals surface area contributed by atoms with Crippen LogP contribution in [0.3, 0.4) is 0 Å². The fraction of sp³-hybridized carbons (Fsp3) is 0.462. The molecule has 1 heterocycles. The van der Waals surface area contributed by atoms with Crippen molar-refractivity contribution in [3.05, 3.63) is 33.5 Å². The van der Waals surface area contributed by atoms with Crippen molar-refractivity contribution in [1.82, 2.24) is 5.32 Å². The van der Waals surface area contributed by atoms with E-state index in [1.54, 1.807) is 11.3 Å². The number of rotatable bonds is 4. The van der Waals surface area contributed by atoms with E-state index in [2.05, 4.69) is 11.4 Å². The molecule has 0 aromatic carbocycles. The standard InChI is InChI=1S/C13H18N2OS/c14-7-3-4-8-15-13(16)12-9-10-5-1-2-6-11(10)17-12/h3-4,9H,1-2,5-8,14H2,(H,15,16)/b4-3+. The first kappa shape index (κ1) is 12.3. The number of fused-ring (bicyclic) bond motifs is 1. The molecule has 3 nitrogen and oxygen atoms in total. The SMILES string of the molecule is NC/C=C/CNC(=O)c1cc2c(s1)CCCC2. The Labute approximate surface area is 106 Å². The minimum atomic E-state index is 0.0334. The molecule has 92 valence electrons. The fourth-order valence-corrected chi connectivity index (χ4v) is 3.19. The molecule has 1 aliphatic rings. The Balaban J connectivity index is 1.95. The summed E-state index contributed by atoms with van der Waals surface area (Å²) in [4.78, 5) is 14.1. The summed E-state index contributed by atoms with van der Waals surface area (Å²) in [6, 6.07) is 2.06. The molecule has 0 unspecified atom stereocenters. The number of amides is 1. The van der Waals surface area contributed by atoms with Crippen LogP contribution in [0.25, 0.3) is 0 Å². The monoisotopic (exact) mass is 250 g/mol. The third kappa shape index (κ3) is 3.17. The first-order valence-corrected chi connectivity index (χ1v) is 6.87. The van der Waals surface area contributed by atoms with E-state index in [1.165, 1.54) is 23.3 Å². The van der Waals surface area contributed by atoms with Crippen molar-refractivity contribution in [3.8, 4) is 0 Å². The molecule has 1 amide bonds. The summed E-state index contributed by atoms with van der Waals surface area (Å²) in [5, 5.41) is 2.87. The van der Waals surface area contributed by atoms with Crippen molar-refractivity contribution >= 4 is 17.2 Å². The molecule has 0 saturated heterocycles. The smallest absolute Gasteiger partial charge is 0.261 e. The van der Waals surface area contributed by atoms with Gasteiger partial charge in [-0.1, -0.05) is 12.2 Å². The van der Waals surface area contributed by atoms with Crippen molar-refractivity contribution in [2.45, 2.75) is 25.7 Å². The van der Waals surface area contributed by atoms with Crippen LogP contribution in [0, 0.1) is 0 Å². The Bertz CT molecular complexity index is 400. The first-order valence-electron chi connectivity index (χ1n) is 6.06. The van der Waals surface area contributed by atoms with Crippen LogP contribution in [0.1, 0.15) is 33.0 Å². The summed E-state index contributed by atoms with van der Waals surface area (Å²) < 4.78 is 0. The van der Waals surface area contributed by atoms with E-state index < -0.39 is 0 Å². The lowest BCUT2D eigenvalue weighted by Crippen LogP contribution is -2.22. The Morgan fingerprint density at radius 3 is 3.00 bits per heavy atom. The van der Waals surface area contributed by atoms with E-state index in [4.69, 9.17) is 5.73 Å². The second-order valence-electron chi connectivity index (χ2n) is 4.18. The molecule has 0 fully saturated rings. The number of aryl methyl sites for hydroxylation is 2. The van der Waals surface area contributed by atoms with Gasteiger partial charge in [0.1, 0.15) is 0 Å². The lowest BCUT2D eigenvalue weighted by Gasteiger charge is -2.08. The summed E-state index contributed by atoms with van der Waals surface area (Å²) in [7, 11) is 0. The van der Waals surface area contributed by atoms with E-state index in [1.807, 2.05) is 12.2 Å². The van der Waals surface area contributed by atoms with Gasteiger partial charge in [0.25, 0.3) is 5.91 Å². The highest BCUT2D eigenvalue weighted by atomic mass is 32.1. The topological polar surface area (TPSA) is 55.1 Å². The Hall–Kier alpha value is -1.13. The lowest BCUT2D eigenvalue weighted by atomic mass is 9.99. The molecule has 0 saturated carbocycles. The van der Waals surface area contributed by atoms with Crippen molar-refractivity contribution in [1.29, 1.82) is 0 Å². The summed E-state index contributed by atoms with van der Waals surface area (Å²) in [6.45, 7) is 1.07. The van der Waals surface area contributed by atoms with E-state index >= 15 is 0 Å². The normalized spacial score (nSPS) is 14.9. The predicted molar refractivity (Wildman–Crippen MR) is 71.5 cm³/mol. The van der Waals surface area contributed by atoms with E-state index in [-0.39, 0.29) is 5.91 Å². The zero-order valence-corrected chi connectivity index (χ0v) is 10.7. The molecule has 4 heteroatoms. The molecule has 1 aromatic heterocycles. The highest BCUT2D eigenvalue weighted by Gasteiger charge is 2.16. The van der Waals surface area contributed by atoms with Crippen LogP contribution in [0.15, 0.2) is 18.2 Å². The van der Waals surface area contributed by atoms with Crippen LogP contribution in [-0.4, -0.2) is 19.0 Å². The quantitative estimate of drug-likeness (QED) is 0.802. The van der Waals surface area contributed by atoms with Crippen molar-refractivity contribution < 1.29 is 4.79 Å². The minimum absolute atomic E-state index is 0.0334. The van der Waals surface area contributed by atoms with Gasteiger partial charge in [0.05, 0.1) is 4.88 Å². The van der Waals surface area contributed by atoms with Crippen molar-refractivity contribution in [3.63, 3.8) is 0 Å². The number of hydrogen-bond donors (Lipinski definition) is 2. The Kier molecular flexibility index (Phi) is 4.34. The van der Waals surface area contributed by atoms with Gasteiger partial charge in [0, 0.05) is 18.0 Å². The van der Waals surface area contributed by atoms with Gasteiger partial charge in [-0.25, -0.2) is 0 Å². The van der Waals surface area contributed by atoms with Gasteiger partial charge in [-0.15, -0.1) is 11.3 Å². The van der Waals surface area contributed by atoms with Crippen LogP contribution in [-0.2, 0) is 12.8 Å². The van der Waals surface area contributed by atoms with Crippen molar-refractivity contribution in [2.24, 2.45) is 5.73 Å². The van der Waals surface area contributed by atoms with E-state index in [9.17, 15) is 4.79 Å². The molecular weight excluding hydrogens is 232 g/mol. The fourth-order valence-electron chi connectivity index (χ4n) is 2.02. The molecular formula is C13H18N2OS. The largest absolute Gasteiger partial charge is 0.348 e. The van der Waals surface area contributed by atoms with E-state index in [0.29, 0.717) is 13.1 Å². The zero-order chi connectivity index (χ0) is 12.1. The zero-order valence-electron chi connectivity index (χ0n) is 9.87. The van der Waals surface area contributed by atoms with Gasteiger partial charge in [0.15, 0.2) is 0 Å². The highest BCUT2D eigenvalue weighted by Crippen LogP contribution is 2.29. The van der Waals surface area contributed by atoms with Gasteiger partial charge < -0.3 is 11.1 Å². The lowest BCUT2D eigenvalue weighted by molar-refractivity contribution is 0.0962. The van der Waals surface area contributed by atoms with Crippen LogP contribution >= 0.6 is 11.3 Å².